The second kappa shape index (κ2) is 6.51. The Kier molecular flexibility index (Phi) is 4.55. The molecule has 1 aromatic heterocycles. The molecule has 0 aliphatic carbocycles. The van der Waals surface area contributed by atoms with Crippen molar-refractivity contribution in [3.8, 4) is 0 Å². The summed E-state index contributed by atoms with van der Waals surface area (Å²) >= 11 is 1.66. The van der Waals surface area contributed by atoms with Crippen molar-refractivity contribution < 1.29 is 9.53 Å². The van der Waals surface area contributed by atoms with Gasteiger partial charge < -0.3 is 10.1 Å². The monoisotopic (exact) mass is 359 g/mol. The van der Waals surface area contributed by atoms with Gasteiger partial charge in [-0.15, -0.1) is 11.8 Å². The molecule has 1 aromatic carbocycles. The standard InChI is InChI=1S/C17H21N5O2S/c1-10-13(15(23)24-17(2,3)4)14(22-16(18-10)19-20-21-22)11-6-8-12(25-5)9-7-11/h6-9,14H,1-5H3,(H,18,19,21)/t14-/m0/s1. The normalized spacial score (nSPS) is 17.1. The van der Waals surface area contributed by atoms with E-state index < -0.39 is 11.6 Å². The fourth-order valence-corrected chi connectivity index (χ4v) is 3.11. The van der Waals surface area contributed by atoms with E-state index in [2.05, 4.69) is 20.8 Å². The predicted molar refractivity (Wildman–Crippen MR) is 96.3 cm³/mol. The quantitative estimate of drug-likeness (QED) is 0.666. The molecule has 3 rings (SSSR count). The lowest BCUT2D eigenvalue weighted by Gasteiger charge is -2.29. The number of hydrogen-bond acceptors (Lipinski definition) is 7. The van der Waals surface area contributed by atoms with Crippen LogP contribution in [0.2, 0.25) is 0 Å². The van der Waals surface area contributed by atoms with Gasteiger partial charge in [-0.2, -0.15) is 4.68 Å². The lowest BCUT2D eigenvalue weighted by atomic mass is 9.95. The first-order chi connectivity index (χ1) is 11.8. The molecule has 25 heavy (non-hydrogen) atoms. The van der Waals surface area contributed by atoms with Crippen LogP contribution in [-0.2, 0) is 9.53 Å². The number of anilines is 1. The van der Waals surface area contributed by atoms with Crippen LogP contribution in [0.3, 0.4) is 0 Å². The summed E-state index contributed by atoms with van der Waals surface area (Å²) in [6, 6.07) is 7.59. The van der Waals surface area contributed by atoms with E-state index in [4.69, 9.17) is 4.74 Å². The van der Waals surface area contributed by atoms with Gasteiger partial charge in [-0.3, -0.25) is 0 Å². The number of rotatable bonds is 3. The number of fused-ring (bicyclic) bond motifs is 1. The molecule has 0 bridgehead atoms. The molecule has 1 atom stereocenters. The van der Waals surface area contributed by atoms with Crippen LogP contribution >= 0.6 is 11.8 Å². The van der Waals surface area contributed by atoms with Crippen molar-refractivity contribution in [2.45, 2.75) is 44.2 Å². The third-order valence-corrected chi connectivity index (χ3v) is 4.51. The highest BCUT2D eigenvalue weighted by Gasteiger charge is 2.36. The van der Waals surface area contributed by atoms with Crippen LogP contribution in [0.4, 0.5) is 5.95 Å². The fourth-order valence-electron chi connectivity index (χ4n) is 2.70. The number of ether oxygens (including phenoxy) is 1. The van der Waals surface area contributed by atoms with Crippen LogP contribution in [0, 0.1) is 0 Å². The molecule has 0 saturated heterocycles. The van der Waals surface area contributed by atoms with Gasteiger partial charge in [0.15, 0.2) is 0 Å². The molecule has 2 aromatic rings. The van der Waals surface area contributed by atoms with E-state index in [9.17, 15) is 4.79 Å². The van der Waals surface area contributed by atoms with Crippen molar-refractivity contribution in [2.24, 2.45) is 0 Å². The van der Waals surface area contributed by atoms with E-state index in [1.807, 2.05) is 58.2 Å². The van der Waals surface area contributed by atoms with E-state index >= 15 is 0 Å². The number of benzene rings is 1. The van der Waals surface area contributed by atoms with Crippen molar-refractivity contribution in [3.63, 3.8) is 0 Å². The van der Waals surface area contributed by atoms with Crippen LogP contribution in [0.5, 0.6) is 0 Å². The third kappa shape index (κ3) is 3.53. The van der Waals surface area contributed by atoms with Crippen molar-refractivity contribution in [2.75, 3.05) is 11.6 Å². The Morgan fingerprint density at radius 1 is 1.28 bits per heavy atom. The molecule has 7 nitrogen and oxygen atoms in total. The van der Waals surface area contributed by atoms with Gasteiger partial charge in [-0.1, -0.05) is 17.2 Å². The van der Waals surface area contributed by atoms with Crippen LogP contribution in [0.15, 0.2) is 40.4 Å². The van der Waals surface area contributed by atoms with Crippen molar-refractivity contribution in [1.82, 2.24) is 20.2 Å². The Labute approximate surface area is 150 Å². The molecule has 0 fully saturated rings. The summed E-state index contributed by atoms with van der Waals surface area (Å²) in [7, 11) is 0. The van der Waals surface area contributed by atoms with Crippen molar-refractivity contribution in [3.05, 3.63) is 41.1 Å². The number of carbonyl (C=O) groups is 1. The van der Waals surface area contributed by atoms with Gasteiger partial charge in [0.25, 0.3) is 0 Å². The van der Waals surface area contributed by atoms with E-state index in [1.165, 1.54) is 0 Å². The number of aromatic nitrogens is 4. The molecule has 8 heteroatoms. The van der Waals surface area contributed by atoms with E-state index in [-0.39, 0.29) is 5.97 Å². The van der Waals surface area contributed by atoms with Gasteiger partial charge in [0.2, 0.25) is 5.95 Å². The van der Waals surface area contributed by atoms with Crippen LogP contribution in [0.1, 0.15) is 39.3 Å². The minimum Gasteiger partial charge on any atom is -0.456 e. The Balaban J connectivity index is 2.08. The summed E-state index contributed by atoms with van der Waals surface area (Å²) < 4.78 is 7.22. The Morgan fingerprint density at radius 3 is 2.56 bits per heavy atom. The van der Waals surface area contributed by atoms with Gasteiger partial charge in [0, 0.05) is 10.6 Å². The number of tetrazole rings is 1. The summed E-state index contributed by atoms with van der Waals surface area (Å²) in [5.74, 6) is 0.126. The molecular weight excluding hydrogens is 338 g/mol. The average molecular weight is 359 g/mol. The molecule has 0 amide bonds. The molecule has 0 spiro atoms. The van der Waals surface area contributed by atoms with Gasteiger partial charge in [0.1, 0.15) is 11.6 Å². The molecule has 132 valence electrons. The zero-order valence-corrected chi connectivity index (χ0v) is 15.7. The lowest BCUT2D eigenvalue weighted by molar-refractivity contribution is -0.150. The van der Waals surface area contributed by atoms with E-state index in [0.29, 0.717) is 17.2 Å². The second-order valence-corrected chi connectivity index (χ2v) is 7.67. The van der Waals surface area contributed by atoms with E-state index in [0.717, 1.165) is 10.5 Å². The summed E-state index contributed by atoms with van der Waals surface area (Å²) in [5, 5.41) is 14.9. The highest BCUT2D eigenvalue weighted by Crippen LogP contribution is 2.36. The van der Waals surface area contributed by atoms with E-state index in [1.54, 1.807) is 16.4 Å². The summed E-state index contributed by atoms with van der Waals surface area (Å²) in [6.45, 7) is 7.38. The zero-order chi connectivity index (χ0) is 18.2. The first kappa shape index (κ1) is 17.5. The molecular formula is C17H21N5O2S. The Hall–Kier alpha value is -2.35. The third-order valence-electron chi connectivity index (χ3n) is 3.76. The molecule has 0 saturated carbocycles. The maximum atomic E-state index is 12.9. The van der Waals surface area contributed by atoms with Gasteiger partial charge in [0.05, 0.1) is 5.57 Å². The Bertz CT molecular complexity index is 820. The number of thioether (sulfide) groups is 1. The summed E-state index contributed by atoms with van der Waals surface area (Å²) in [5.41, 5.74) is 1.54. The number of nitrogens with one attached hydrogen (secondary N) is 1. The minimum absolute atomic E-state index is 0.377. The first-order valence-electron chi connectivity index (χ1n) is 7.93. The number of carbonyl (C=O) groups excluding carboxylic acids is 1. The fraction of sp³-hybridized carbons (Fsp3) is 0.412. The minimum atomic E-state index is -0.585. The van der Waals surface area contributed by atoms with Crippen molar-refractivity contribution >= 4 is 23.7 Å². The number of nitrogens with zero attached hydrogens (tertiary/aromatic N) is 4. The van der Waals surface area contributed by atoms with Gasteiger partial charge in [-0.05, 0) is 62.1 Å². The topological polar surface area (TPSA) is 81.9 Å². The summed E-state index contributed by atoms with van der Waals surface area (Å²) in [6.07, 6.45) is 2.02. The SMILES string of the molecule is CSc1ccc([C@H]2C(C(=O)OC(C)(C)C)=C(C)Nc3nnnn32)cc1. The molecule has 0 unspecified atom stereocenters. The number of hydrogen-bond donors (Lipinski definition) is 1. The van der Waals surface area contributed by atoms with Crippen LogP contribution in [-0.4, -0.2) is 38.0 Å². The smallest absolute Gasteiger partial charge is 0.338 e. The highest BCUT2D eigenvalue weighted by atomic mass is 32.2. The maximum absolute atomic E-state index is 12.9. The lowest BCUT2D eigenvalue weighted by Crippen LogP contribution is -2.33. The summed E-state index contributed by atoms with van der Waals surface area (Å²) in [4.78, 5) is 14.0. The predicted octanol–water partition coefficient (Wildman–Crippen LogP) is 3.03. The number of esters is 1. The largest absolute Gasteiger partial charge is 0.456 e. The zero-order valence-electron chi connectivity index (χ0n) is 14.9. The molecule has 1 aliphatic heterocycles. The van der Waals surface area contributed by atoms with Gasteiger partial charge >= 0.3 is 5.97 Å². The first-order valence-corrected chi connectivity index (χ1v) is 9.15. The van der Waals surface area contributed by atoms with Gasteiger partial charge in [-0.25, -0.2) is 4.79 Å². The number of allylic oxidation sites excluding steroid dienone is 1. The average Bonchev–Trinajstić information content (AvgIpc) is 2.99. The van der Waals surface area contributed by atoms with Crippen LogP contribution < -0.4 is 5.32 Å². The molecule has 0 radical (unpaired) electrons. The van der Waals surface area contributed by atoms with Crippen molar-refractivity contribution in [1.29, 1.82) is 0 Å². The molecule has 1 aliphatic rings. The maximum Gasteiger partial charge on any atom is 0.338 e. The molecule has 2 heterocycles. The Morgan fingerprint density at radius 2 is 1.96 bits per heavy atom. The molecule has 1 N–H and O–H groups in total. The van der Waals surface area contributed by atoms with Crippen LogP contribution in [0.25, 0.3) is 0 Å². The second-order valence-electron chi connectivity index (χ2n) is 6.79. The highest BCUT2D eigenvalue weighted by molar-refractivity contribution is 7.98.